The zero-order valence-electron chi connectivity index (χ0n) is 11.7. The predicted molar refractivity (Wildman–Crippen MR) is 76.8 cm³/mol. The number of amides is 1. The van der Waals surface area contributed by atoms with Crippen molar-refractivity contribution in [1.29, 1.82) is 0 Å². The summed E-state index contributed by atoms with van der Waals surface area (Å²) < 4.78 is 10.2. The monoisotopic (exact) mass is 282 g/mol. The molecule has 6 nitrogen and oxygen atoms in total. The van der Waals surface area contributed by atoms with Gasteiger partial charge in [0.15, 0.2) is 0 Å². The first-order valence-electron chi connectivity index (χ1n) is 6.58. The average Bonchev–Trinajstić information content (AvgIpc) is 2.44. The van der Waals surface area contributed by atoms with E-state index in [0.29, 0.717) is 37.6 Å². The number of hydrogen-bond acceptors (Lipinski definition) is 5. The smallest absolute Gasteiger partial charge is 0.253 e. The number of nitrogen functional groups attached to an aromatic ring is 1. The maximum Gasteiger partial charge on any atom is 0.253 e. The molecule has 0 fully saturated rings. The Bertz CT molecular complexity index is 424. The van der Waals surface area contributed by atoms with Gasteiger partial charge in [-0.1, -0.05) is 0 Å². The lowest BCUT2D eigenvalue weighted by Gasteiger charge is -2.08. The molecule has 1 aromatic carbocycles. The van der Waals surface area contributed by atoms with Gasteiger partial charge in [0.1, 0.15) is 5.75 Å². The van der Waals surface area contributed by atoms with E-state index < -0.39 is 0 Å². The fourth-order valence-electron chi connectivity index (χ4n) is 1.61. The summed E-state index contributed by atoms with van der Waals surface area (Å²) in [5.41, 5.74) is 6.33. The Morgan fingerprint density at radius 1 is 1.30 bits per heavy atom. The Labute approximate surface area is 118 Å². The Hall–Kier alpha value is -1.79. The van der Waals surface area contributed by atoms with Gasteiger partial charge in [0.2, 0.25) is 0 Å². The zero-order valence-corrected chi connectivity index (χ0v) is 11.7. The third-order valence-corrected chi connectivity index (χ3v) is 2.71. The van der Waals surface area contributed by atoms with E-state index in [2.05, 4.69) is 5.32 Å². The van der Waals surface area contributed by atoms with Crippen LogP contribution in [0.5, 0.6) is 5.75 Å². The molecule has 0 unspecified atom stereocenters. The van der Waals surface area contributed by atoms with Gasteiger partial charge in [-0.25, -0.2) is 0 Å². The summed E-state index contributed by atoms with van der Waals surface area (Å²) in [6.45, 7) is 2.37. The molecule has 0 saturated carbocycles. The number of nitrogens with two attached hydrogens (primary N) is 1. The number of phenolic OH excluding ortho intramolecular Hbond substituents is 1. The van der Waals surface area contributed by atoms with Crippen molar-refractivity contribution in [3.63, 3.8) is 0 Å². The third-order valence-electron chi connectivity index (χ3n) is 2.71. The number of aromatic hydroxyl groups is 1. The van der Waals surface area contributed by atoms with Crippen LogP contribution in [0.2, 0.25) is 0 Å². The van der Waals surface area contributed by atoms with Gasteiger partial charge in [-0.3, -0.25) is 4.79 Å². The maximum atomic E-state index is 11.8. The van der Waals surface area contributed by atoms with Crippen LogP contribution >= 0.6 is 0 Å². The van der Waals surface area contributed by atoms with Gasteiger partial charge in [0, 0.05) is 25.9 Å². The molecule has 112 valence electrons. The number of carbonyl (C=O) groups excluding carboxylic acids is 1. The van der Waals surface area contributed by atoms with Crippen molar-refractivity contribution in [3.05, 3.63) is 23.8 Å². The van der Waals surface area contributed by atoms with Crippen molar-refractivity contribution in [2.24, 2.45) is 0 Å². The van der Waals surface area contributed by atoms with Crippen LogP contribution in [0.15, 0.2) is 18.2 Å². The summed E-state index contributed by atoms with van der Waals surface area (Å²) in [6.07, 6.45) is 1.68. The van der Waals surface area contributed by atoms with Gasteiger partial charge in [0.05, 0.1) is 18.8 Å². The molecule has 4 N–H and O–H groups in total. The lowest BCUT2D eigenvalue weighted by Crippen LogP contribution is -2.25. The summed E-state index contributed by atoms with van der Waals surface area (Å²) in [4.78, 5) is 11.8. The fraction of sp³-hybridized carbons (Fsp3) is 0.500. The molecule has 0 radical (unpaired) electrons. The molecule has 1 rings (SSSR count). The number of phenols is 1. The van der Waals surface area contributed by atoms with Gasteiger partial charge in [0.25, 0.3) is 5.91 Å². The second-order valence-corrected chi connectivity index (χ2v) is 4.34. The van der Waals surface area contributed by atoms with Crippen molar-refractivity contribution in [1.82, 2.24) is 5.32 Å². The molecule has 20 heavy (non-hydrogen) atoms. The predicted octanol–water partition coefficient (Wildman–Crippen LogP) is 1.15. The van der Waals surface area contributed by atoms with Crippen molar-refractivity contribution in [3.8, 4) is 5.75 Å². The number of rotatable bonds is 9. The molecule has 0 aliphatic heterocycles. The Morgan fingerprint density at radius 3 is 2.85 bits per heavy atom. The molecule has 0 bridgehead atoms. The first-order valence-corrected chi connectivity index (χ1v) is 6.58. The van der Waals surface area contributed by atoms with E-state index in [-0.39, 0.29) is 11.7 Å². The Morgan fingerprint density at radius 2 is 2.10 bits per heavy atom. The van der Waals surface area contributed by atoms with Crippen molar-refractivity contribution >= 4 is 11.6 Å². The molecule has 6 heteroatoms. The SMILES string of the molecule is COCCOCCCCNC(=O)c1cc(O)ccc1N. The number of anilines is 1. The van der Waals surface area contributed by atoms with Crippen molar-refractivity contribution in [2.45, 2.75) is 12.8 Å². The van der Waals surface area contributed by atoms with Crippen LogP contribution in [-0.4, -0.2) is 44.5 Å². The second kappa shape index (κ2) is 9.17. The van der Waals surface area contributed by atoms with Crippen molar-refractivity contribution in [2.75, 3.05) is 39.2 Å². The van der Waals surface area contributed by atoms with Gasteiger partial charge >= 0.3 is 0 Å². The standard InChI is InChI=1S/C14H22N2O4/c1-19-8-9-20-7-3-2-6-16-14(18)12-10-11(17)4-5-13(12)15/h4-5,10,17H,2-3,6-9,15H2,1H3,(H,16,18). The molecule has 0 aliphatic carbocycles. The summed E-state index contributed by atoms with van der Waals surface area (Å²) in [6, 6.07) is 4.32. The molecule has 0 heterocycles. The van der Waals surface area contributed by atoms with Gasteiger partial charge in [-0.2, -0.15) is 0 Å². The number of unbranched alkanes of at least 4 members (excludes halogenated alkanes) is 1. The van der Waals surface area contributed by atoms with Crippen LogP contribution in [-0.2, 0) is 9.47 Å². The lowest BCUT2D eigenvalue weighted by molar-refractivity contribution is 0.0686. The quantitative estimate of drug-likeness (QED) is 0.359. The summed E-state index contributed by atoms with van der Waals surface area (Å²) in [7, 11) is 1.63. The number of benzene rings is 1. The lowest BCUT2D eigenvalue weighted by atomic mass is 10.1. The first kappa shape index (κ1) is 16.3. The van der Waals surface area contributed by atoms with Crippen LogP contribution in [0.4, 0.5) is 5.69 Å². The molecule has 1 amide bonds. The van der Waals surface area contributed by atoms with Gasteiger partial charge < -0.3 is 25.6 Å². The molecule has 0 spiro atoms. The number of carbonyl (C=O) groups is 1. The summed E-state index contributed by atoms with van der Waals surface area (Å²) in [5, 5.41) is 12.1. The van der Waals surface area contributed by atoms with Crippen LogP contribution in [0, 0.1) is 0 Å². The van der Waals surface area contributed by atoms with E-state index >= 15 is 0 Å². The number of methoxy groups -OCH3 is 1. The van der Waals surface area contributed by atoms with Crippen LogP contribution in [0.1, 0.15) is 23.2 Å². The van der Waals surface area contributed by atoms with Gasteiger partial charge in [-0.15, -0.1) is 0 Å². The maximum absolute atomic E-state index is 11.8. The van der Waals surface area contributed by atoms with Crippen LogP contribution < -0.4 is 11.1 Å². The van der Waals surface area contributed by atoms with Gasteiger partial charge in [-0.05, 0) is 31.0 Å². The third kappa shape index (κ3) is 5.90. The first-order chi connectivity index (χ1) is 9.65. The Kier molecular flexibility index (Phi) is 7.46. The van der Waals surface area contributed by atoms with E-state index in [9.17, 15) is 9.90 Å². The number of hydrogen-bond donors (Lipinski definition) is 3. The number of nitrogens with one attached hydrogen (secondary N) is 1. The van der Waals surface area contributed by atoms with Crippen LogP contribution in [0.3, 0.4) is 0 Å². The minimum absolute atomic E-state index is 0.0240. The van der Waals surface area contributed by atoms with E-state index in [1.54, 1.807) is 7.11 Å². The molecule has 0 aliphatic rings. The van der Waals surface area contributed by atoms with E-state index in [1.165, 1.54) is 18.2 Å². The normalized spacial score (nSPS) is 10.4. The topological polar surface area (TPSA) is 93.8 Å². The largest absolute Gasteiger partial charge is 0.508 e. The van der Waals surface area contributed by atoms with E-state index in [1.807, 2.05) is 0 Å². The van der Waals surface area contributed by atoms with E-state index in [0.717, 1.165) is 12.8 Å². The average molecular weight is 282 g/mol. The highest BCUT2D eigenvalue weighted by molar-refractivity contribution is 5.99. The minimum atomic E-state index is -0.279. The fourth-order valence-corrected chi connectivity index (χ4v) is 1.61. The highest BCUT2D eigenvalue weighted by atomic mass is 16.5. The molecule has 0 saturated heterocycles. The highest BCUT2D eigenvalue weighted by Crippen LogP contribution is 2.18. The second-order valence-electron chi connectivity index (χ2n) is 4.34. The van der Waals surface area contributed by atoms with Crippen LogP contribution in [0.25, 0.3) is 0 Å². The molecule has 1 aromatic rings. The minimum Gasteiger partial charge on any atom is -0.508 e. The summed E-state index contributed by atoms with van der Waals surface area (Å²) in [5.74, 6) is -0.255. The molecule has 0 atom stereocenters. The Balaban J connectivity index is 2.18. The highest BCUT2D eigenvalue weighted by Gasteiger charge is 2.09. The van der Waals surface area contributed by atoms with E-state index in [4.69, 9.17) is 15.2 Å². The zero-order chi connectivity index (χ0) is 14.8. The van der Waals surface area contributed by atoms with Crippen molar-refractivity contribution < 1.29 is 19.4 Å². The molecular formula is C14H22N2O4. The molecular weight excluding hydrogens is 260 g/mol. The molecule has 0 aromatic heterocycles. The number of ether oxygens (including phenoxy) is 2. The summed E-state index contributed by atoms with van der Waals surface area (Å²) >= 11 is 0.